The van der Waals surface area contributed by atoms with Gasteiger partial charge in [0.05, 0.1) is 12.2 Å². The Labute approximate surface area is 155 Å². The van der Waals surface area contributed by atoms with E-state index >= 15 is 0 Å². The van der Waals surface area contributed by atoms with E-state index in [4.69, 9.17) is 9.47 Å². The van der Waals surface area contributed by atoms with Gasteiger partial charge in [0.1, 0.15) is 0 Å². The lowest BCUT2D eigenvalue weighted by Crippen LogP contribution is -2.52. The number of amides is 2. The number of hydrogen-bond acceptors (Lipinski definition) is 4. The monoisotopic (exact) mass is 359 g/mol. The second-order valence-corrected chi connectivity index (χ2v) is 7.67. The molecule has 0 aromatic carbocycles. The highest BCUT2D eigenvalue weighted by molar-refractivity contribution is 5.74. The summed E-state index contributed by atoms with van der Waals surface area (Å²) in [4.78, 5) is 20.8. The summed E-state index contributed by atoms with van der Waals surface area (Å²) < 4.78 is 12.0. The fourth-order valence-corrected chi connectivity index (χ4v) is 4.67. The maximum Gasteiger partial charge on any atom is 0.320 e. The second-order valence-electron chi connectivity index (χ2n) is 7.67. The van der Waals surface area contributed by atoms with Crippen LogP contribution >= 0.6 is 0 Å². The Bertz CT molecular complexity index is 596. The largest absolute Gasteiger partial charge is 0.478 e. The molecule has 0 unspecified atom stereocenters. The van der Waals surface area contributed by atoms with Crippen LogP contribution in [-0.2, 0) is 4.74 Å². The Kier molecular flexibility index (Phi) is 5.29. The maximum atomic E-state index is 12.6. The molecule has 1 spiro atoms. The van der Waals surface area contributed by atoms with Crippen molar-refractivity contribution in [2.75, 3.05) is 39.4 Å². The normalized spacial score (nSPS) is 25.0. The summed E-state index contributed by atoms with van der Waals surface area (Å²) >= 11 is 0. The fraction of sp³-hybridized carbons (Fsp3) is 0.700. The number of carbonyl (C=O) groups excluding carboxylic acids is 1. The number of hydrogen-bond donors (Lipinski definition) is 0. The van der Waals surface area contributed by atoms with Crippen molar-refractivity contribution in [2.24, 2.45) is 5.92 Å². The predicted octanol–water partition coefficient (Wildman–Crippen LogP) is 2.94. The Morgan fingerprint density at radius 1 is 1.19 bits per heavy atom. The SMILES string of the molecule is O=C(N1CCCC1)N1CCC2(CC1)OCC[C@H]2CCOc1ccccn1. The van der Waals surface area contributed by atoms with E-state index in [1.54, 1.807) is 6.20 Å². The van der Waals surface area contributed by atoms with Gasteiger partial charge in [-0.25, -0.2) is 9.78 Å². The maximum absolute atomic E-state index is 12.6. The van der Waals surface area contributed by atoms with Crippen molar-refractivity contribution in [1.82, 2.24) is 14.8 Å². The van der Waals surface area contributed by atoms with Crippen molar-refractivity contribution in [1.29, 1.82) is 0 Å². The molecule has 6 heteroatoms. The van der Waals surface area contributed by atoms with Gasteiger partial charge in [0.25, 0.3) is 0 Å². The first-order valence-corrected chi connectivity index (χ1v) is 9.98. The van der Waals surface area contributed by atoms with E-state index in [1.807, 2.05) is 28.0 Å². The highest BCUT2D eigenvalue weighted by Crippen LogP contribution is 2.42. The van der Waals surface area contributed by atoms with Crippen LogP contribution in [0.4, 0.5) is 4.79 Å². The van der Waals surface area contributed by atoms with Gasteiger partial charge in [0.15, 0.2) is 0 Å². The first kappa shape index (κ1) is 17.6. The Balaban J connectivity index is 1.28. The fourth-order valence-electron chi connectivity index (χ4n) is 4.67. The van der Waals surface area contributed by atoms with Gasteiger partial charge in [-0.3, -0.25) is 0 Å². The standard InChI is InChI=1S/C20H29N3O3/c24-19(22-11-3-4-12-22)23-13-8-20(9-14-23)17(7-16-26-20)6-15-25-18-5-1-2-10-21-18/h1-2,5,10,17H,3-4,6-9,11-16H2/t17-/m1/s1. The molecule has 0 N–H and O–H groups in total. The number of likely N-dealkylation sites (tertiary alicyclic amines) is 2. The van der Waals surface area contributed by atoms with Gasteiger partial charge in [-0.05, 0) is 50.5 Å². The Hall–Kier alpha value is -1.82. The van der Waals surface area contributed by atoms with Crippen LogP contribution < -0.4 is 4.74 Å². The molecule has 142 valence electrons. The van der Waals surface area contributed by atoms with Gasteiger partial charge in [-0.15, -0.1) is 0 Å². The van der Waals surface area contributed by atoms with E-state index in [0.29, 0.717) is 18.4 Å². The quantitative estimate of drug-likeness (QED) is 0.829. The van der Waals surface area contributed by atoms with Crippen molar-refractivity contribution in [3.8, 4) is 5.88 Å². The van der Waals surface area contributed by atoms with Crippen LogP contribution in [0.15, 0.2) is 24.4 Å². The van der Waals surface area contributed by atoms with Gasteiger partial charge < -0.3 is 19.3 Å². The molecule has 0 radical (unpaired) electrons. The third-order valence-corrected chi connectivity index (χ3v) is 6.21. The Morgan fingerprint density at radius 2 is 1.96 bits per heavy atom. The van der Waals surface area contributed by atoms with E-state index in [2.05, 4.69) is 4.98 Å². The minimum Gasteiger partial charge on any atom is -0.478 e. The smallest absolute Gasteiger partial charge is 0.320 e. The summed E-state index contributed by atoms with van der Waals surface area (Å²) in [6, 6.07) is 5.95. The van der Waals surface area contributed by atoms with Crippen LogP contribution in [0.25, 0.3) is 0 Å². The van der Waals surface area contributed by atoms with Crippen LogP contribution in [0.3, 0.4) is 0 Å². The number of pyridine rings is 1. The molecule has 1 aromatic heterocycles. The molecule has 3 aliphatic heterocycles. The summed E-state index contributed by atoms with van der Waals surface area (Å²) in [6.07, 6.45) is 8.00. The van der Waals surface area contributed by atoms with Gasteiger partial charge in [-0.1, -0.05) is 6.07 Å². The molecular formula is C20H29N3O3. The van der Waals surface area contributed by atoms with Gasteiger partial charge in [0.2, 0.25) is 5.88 Å². The molecule has 1 atom stereocenters. The average molecular weight is 359 g/mol. The predicted molar refractivity (Wildman–Crippen MR) is 98.1 cm³/mol. The zero-order valence-corrected chi connectivity index (χ0v) is 15.4. The zero-order valence-electron chi connectivity index (χ0n) is 15.4. The van der Waals surface area contributed by atoms with Gasteiger partial charge in [-0.2, -0.15) is 0 Å². The lowest BCUT2D eigenvalue weighted by atomic mass is 9.78. The minimum atomic E-state index is -0.0603. The molecule has 0 saturated carbocycles. The van der Waals surface area contributed by atoms with E-state index < -0.39 is 0 Å². The highest BCUT2D eigenvalue weighted by Gasteiger charge is 2.46. The lowest BCUT2D eigenvalue weighted by Gasteiger charge is -2.43. The topological polar surface area (TPSA) is 54.9 Å². The number of aromatic nitrogens is 1. The van der Waals surface area contributed by atoms with Gasteiger partial charge >= 0.3 is 6.03 Å². The van der Waals surface area contributed by atoms with Crippen molar-refractivity contribution < 1.29 is 14.3 Å². The van der Waals surface area contributed by atoms with Crippen LogP contribution in [0.5, 0.6) is 5.88 Å². The molecule has 2 amide bonds. The molecular weight excluding hydrogens is 330 g/mol. The lowest BCUT2D eigenvalue weighted by molar-refractivity contribution is -0.0646. The van der Waals surface area contributed by atoms with Crippen LogP contribution in [0, 0.1) is 5.92 Å². The third kappa shape index (κ3) is 3.65. The summed E-state index contributed by atoms with van der Waals surface area (Å²) in [5.41, 5.74) is -0.0603. The van der Waals surface area contributed by atoms with E-state index in [0.717, 1.165) is 71.3 Å². The number of rotatable bonds is 4. The number of urea groups is 1. The molecule has 1 aromatic rings. The molecule has 26 heavy (non-hydrogen) atoms. The first-order chi connectivity index (χ1) is 12.8. The van der Waals surface area contributed by atoms with Crippen molar-refractivity contribution in [2.45, 2.75) is 44.1 Å². The summed E-state index contributed by atoms with van der Waals surface area (Å²) in [5, 5.41) is 0. The van der Waals surface area contributed by atoms with Crippen LogP contribution in [0.1, 0.15) is 38.5 Å². The molecule has 0 aliphatic carbocycles. The molecule has 0 bridgehead atoms. The number of ether oxygens (including phenoxy) is 2. The third-order valence-electron chi connectivity index (χ3n) is 6.21. The van der Waals surface area contributed by atoms with Crippen molar-refractivity contribution in [3.63, 3.8) is 0 Å². The Morgan fingerprint density at radius 3 is 2.69 bits per heavy atom. The molecule has 3 aliphatic rings. The molecule has 3 saturated heterocycles. The second kappa shape index (κ2) is 7.82. The van der Waals surface area contributed by atoms with Crippen molar-refractivity contribution in [3.05, 3.63) is 24.4 Å². The summed E-state index contributed by atoms with van der Waals surface area (Å²) in [5.74, 6) is 1.20. The van der Waals surface area contributed by atoms with E-state index in [1.165, 1.54) is 0 Å². The summed E-state index contributed by atoms with van der Waals surface area (Å²) in [7, 11) is 0. The molecule has 4 rings (SSSR count). The first-order valence-electron chi connectivity index (χ1n) is 9.98. The number of carbonyl (C=O) groups is 1. The van der Waals surface area contributed by atoms with E-state index in [-0.39, 0.29) is 11.6 Å². The van der Waals surface area contributed by atoms with E-state index in [9.17, 15) is 4.79 Å². The minimum absolute atomic E-state index is 0.0603. The summed E-state index contributed by atoms with van der Waals surface area (Å²) in [6.45, 7) is 4.96. The average Bonchev–Trinajstić information content (AvgIpc) is 3.34. The van der Waals surface area contributed by atoms with Crippen molar-refractivity contribution >= 4 is 6.03 Å². The van der Waals surface area contributed by atoms with Gasteiger partial charge in [0, 0.05) is 45.0 Å². The zero-order chi connectivity index (χ0) is 17.8. The molecule has 3 fully saturated rings. The number of piperidine rings is 1. The van der Waals surface area contributed by atoms with Crippen LogP contribution in [0.2, 0.25) is 0 Å². The highest BCUT2D eigenvalue weighted by atomic mass is 16.5. The van der Waals surface area contributed by atoms with Crippen LogP contribution in [-0.4, -0.2) is 65.8 Å². The molecule has 4 heterocycles. The molecule has 6 nitrogen and oxygen atoms in total. The number of nitrogens with zero attached hydrogens (tertiary/aromatic N) is 3.